The van der Waals surface area contributed by atoms with E-state index in [1.54, 1.807) is 0 Å². The topological polar surface area (TPSA) is 33.0 Å². The Hall–Kier alpha value is -0.550. The summed E-state index contributed by atoms with van der Waals surface area (Å²) in [5.74, 6) is 0. The van der Waals surface area contributed by atoms with Gasteiger partial charge in [0.2, 0.25) is 0 Å². The van der Waals surface area contributed by atoms with Gasteiger partial charge in [-0.15, -0.1) is 0 Å². The van der Waals surface area contributed by atoms with Gasteiger partial charge in [0.1, 0.15) is 0 Å². The lowest BCUT2D eigenvalue weighted by Gasteiger charge is -2.34. The third-order valence-corrected chi connectivity index (χ3v) is 4.14. The van der Waals surface area contributed by atoms with E-state index in [4.69, 9.17) is 10.00 Å². The molecule has 0 aromatic heterocycles. The predicted molar refractivity (Wildman–Crippen MR) is 63.9 cm³/mol. The van der Waals surface area contributed by atoms with Crippen LogP contribution in [0.5, 0.6) is 0 Å². The average molecular weight is 221 g/mol. The summed E-state index contributed by atoms with van der Waals surface area (Å²) in [6, 6.07) is 2.38. The van der Waals surface area contributed by atoms with E-state index in [0.717, 1.165) is 12.8 Å². The van der Waals surface area contributed by atoms with E-state index in [0.29, 0.717) is 6.10 Å². The molecule has 2 heteroatoms. The molecule has 1 aliphatic carbocycles. The van der Waals surface area contributed by atoms with Crippen molar-refractivity contribution in [3.8, 4) is 6.07 Å². The van der Waals surface area contributed by atoms with Crippen molar-refractivity contribution in [3.63, 3.8) is 0 Å². The molecule has 1 unspecified atom stereocenters. The Morgan fingerprint density at radius 3 is 2.56 bits per heavy atom. The van der Waals surface area contributed by atoms with Crippen LogP contribution >= 0.6 is 0 Å². The highest BCUT2D eigenvalue weighted by molar-refractivity contribution is 4.97. The maximum atomic E-state index is 9.05. The van der Waals surface area contributed by atoms with Crippen molar-refractivity contribution in [1.29, 1.82) is 5.26 Å². The zero-order valence-corrected chi connectivity index (χ0v) is 10.6. The van der Waals surface area contributed by atoms with Gasteiger partial charge in [0, 0.05) is 0 Å². The Labute approximate surface area is 99.0 Å². The van der Waals surface area contributed by atoms with Crippen LogP contribution in [0.2, 0.25) is 0 Å². The molecule has 90 valence electrons. The zero-order chi connectivity index (χ0) is 11.6. The Morgan fingerprint density at radius 1 is 1.25 bits per heavy atom. The Kier molecular flexibility index (Phi) is 3.26. The lowest BCUT2D eigenvalue weighted by atomic mass is 9.82. The highest BCUT2D eigenvalue weighted by Crippen LogP contribution is 2.44. The molecule has 2 nitrogen and oxygen atoms in total. The summed E-state index contributed by atoms with van der Waals surface area (Å²) in [6.07, 6.45) is 10.1. The second kappa shape index (κ2) is 4.37. The number of rotatable bonds is 2. The number of hydrogen-bond acceptors (Lipinski definition) is 2. The van der Waals surface area contributed by atoms with Crippen LogP contribution in [0.4, 0.5) is 0 Å². The van der Waals surface area contributed by atoms with E-state index in [9.17, 15) is 0 Å². The number of ether oxygens (including phenoxy) is 1. The molecule has 2 fully saturated rings. The third-order valence-electron chi connectivity index (χ3n) is 4.14. The monoisotopic (exact) mass is 221 g/mol. The molecule has 0 aromatic carbocycles. The molecule has 2 rings (SSSR count). The largest absolute Gasteiger partial charge is 0.372 e. The minimum atomic E-state index is -0.231. The molecule has 0 bridgehead atoms. The third kappa shape index (κ3) is 2.58. The standard InChI is InChI=1S/C14H23NO/c1-13(2,11-15)10-12-6-9-14(16-12)7-4-3-5-8-14/h12H,3-10H2,1-2H3. The first-order valence-electron chi connectivity index (χ1n) is 6.64. The summed E-state index contributed by atoms with van der Waals surface area (Å²) in [7, 11) is 0. The van der Waals surface area contributed by atoms with E-state index in [1.165, 1.54) is 38.5 Å². The maximum Gasteiger partial charge on any atom is 0.0687 e. The van der Waals surface area contributed by atoms with E-state index in [2.05, 4.69) is 6.07 Å². The molecular formula is C14H23NO. The predicted octanol–water partition coefficient (Wildman–Crippen LogP) is 3.81. The Bertz CT molecular complexity index is 284. The number of nitriles is 1. The molecule has 1 aliphatic heterocycles. The number of hydrogen-bond donors (Lipinski definition) is 0. The van der Waals surface area contributed by atoms with Crippen molar-refractivity contribution < 1.29 is 4.74 Å². The van der Waals surface area contributed by atoms with E-state index in [1.807, 2.05) is 13.8 Å². The minimum Gasteiger partial charge on any atom is -0.372 e. The van der Waals surface area contributed by atoms with Crippen molar-refractivity contribution >= 4 is 0 Å². The SMILES string of the molecule is CC(C)(C#N)CC1CCC2(CCCCC2)O1. The summed E-state index contributed by atoms with van der Waals surface area (Å²) >= 11 is 0. The summed E-state index contributed by atoms with van der Waals surface area (Å²) in [4.78, 5) is 0. The van der Waals surface area contributed by atoms with Gasteiger partial charge in [-0.1, -0.05) is 19.3 Å². The summed E-state index contributed by atoms with van der Waals surface area (Å²) in [5, 5.41) is 9.05. The van der Waals surface area contributed by atoms with E-state index in [-0.39, 0.29) is 11.0 Å². The van der Waals surface area contributed by atoms with Crippen LogP contribution in [-0.2, 0) is 4.74 Å². The normalized spacial score (nSPS) is 29.2. The molecule has 1 saturated carbocycles. The molecule has 0 amide bonds. The van der Waals surface area contributed by atoms with Gasteiger partial charge in [-0.2, -0.15) is 5.26 Å². The van der Waals surface area contributed by atoms with Gasteiger partial charge < -0.3 is 4.74 Å². The van der Waals surface area contributed by atoms with Crippen LogP contribution < -0.4 is 0 Å². The van der Waals surface area contributed by atoms with Gasteiger partial charge >= 0.3 is 0 Å². The summed E-state index contributed by atoms with van der Waals surface area (Å²) in [6.45, 7) is 4.03. The van der Waals surface area contributed by atoms with Crippen molar-refractivity contribution in [3.05, 3.63) is 0 Å². The minimum absolute atomic E-state index is 0.203. The lowest BCUT2D eigenvalue weighted by molar-refractivity contribution is -0.0716. The fourth-order valence-corrected chi connectivity index (χ4v) is 3.22. The Balaban J connectivity index is 1.90. The molecule has 2 aliphatic rings. The molecule has 0 aromatic rings. The van der Waals surface area contributed by atoms with Gasteiger partial charge in [-0.05, 0) is 46.0 Å². The maximum absolute atomic E-state index is 9.05. The van der Waals surface area contributed by atoms with Crippen molar-refractivity contribution in [2.24, 2.45) is 5.41 Å². The second-order valence-electron chi connectivity index (χ2n) is 6.22. The highest BCUT2D eigenvalue weighted by atomic mass is 16.5. The van der Waals surface area contributed by atoms with Crippen LogP contribution in [-0.4, -0.2) is 11.7 Å². The first-order chi connectivity index (χ1) is 7.55. The molecule has 1 atom stereocenters. The molecule has 0 N–H and O–H groups in total. The van der Waals surface area contributed by atoms with Gasteiger partial charge in [-0.3, -0.25) is 0 Å². The fourth-order valence-electron chi connectivity index (χ4n) is 3.22. The van der Waals surface area contributed by atoms with Crippen LogP contribution in [0.3, 0.4) is 0 Å². The van der Waals surface area contributed by atoms with Gasteiger partial charge in [0.05, 0.1) is 23.2 Å². The molecule has 1 heterocycles. The first-order valence-corrected chi connectivity index (χ1v) is 6.64. The number of nitrogens with zero attached hydrogens (tertiary/aromatic N) is 1. The molecule has 1 spiro atoms. The smallest absolute Gasteiger partial charge is 0.0687 e. The molecule has 0 radical (unpaired) electrons. The van der Waals surface area contributed by atoms with Crippen LogP contribution in [0, 0.1) is 16.7 Å². The van der Waals surface area contributed by atoms with Gasteiger partial charge in [0.25, 0.3) is 0 Å². The molecular weight excluding hydrogens is 198 g/mol. The summed E-state index contributed by atoms with van der Waals surface area (Å²) in [5.41, 5.74) is -0.0285. The summed E-state index contributed by atoms with van der Waals surface area (Å²) < 4.78 is 6.28. The van der Waals surface area contributed by atoms with Crippen molar-refractivity contribution in [2.75, 3.05) is 0 Å². The van der Waals surface area contributed by atoms with E-state index >= 15 is 0 Å². The van der Waals surface area contributed by atoms with Crippen molar-refractivity contribution in [1.82, 2.24) is 0 Å². The second-order valence-corrected chi connectivity index (χ2v) is 6.22. The van der Waals surface area contributed by atoms with Crippen LogP contribution in [0.25, 0.3) is 0 Å². The van der Waals surface area contributed by atoms with Crippen LogP contribution in [0.1, 0.15) is 65.2 Å². The van der Waals surface area contributed by atoms with E-state index < -0.39 is 0 Å². The van der Waals surface area contributed by atoms with Gasteiger partial charge in [-0.25, -0.2) is 0 Å². The van der Waals surface area contributed by atoms with Crippen molar-refractivity contribution in [2.45, 2.75) is 76.9 Å². The Morgan fingerprint density at radius 2 is 1.94 bits per heavy atom. The highest BCUT2D eigenvalue weighted by Gasteiger charge is 2.42. The quantitative estimate of drug-likeness (QED) is 0.710. The van der Waals surface area contributed by atoms with Crippen LogP contribution in [0.15, 0.2) is 0 Å². The zero-order valence-electron chi connectivity index (χ0n) is 10.6. The first kappa shape index (κ1) is 11.9. The molecule has 1 saturated heterocycles. The average Bonchev–Trinajstić information content (AvgIpc) is 2.62. The lowest BCUT2D eigenvalue weighted by Crippen LogP contribution is -2.32. The van der Waals surface area contributed by atoms with Gasteiger partial charge in [0.15, 0.2) is 0 Å². The fraction of sp³-hybridized carbons (Fsp3) is 0.929. The molecule has 16 heavy (non-hydrogen) atoms.